The third kappa shape index (κ3) is 3.71. The zero-order valence-electron chi connectivity index (χ0n) is 14.3. The molecule has 0 aliphatic rings. The standard InChI is InChI=1S/C18H21N5O2/c1-13-19-7-9-23(13)10-8-20-17(24)12-22(2)18(25)15-11-21-16-6-4-3-5-14(15)16/h3-7,9,11,21H,8,10,12H2,1-2H3,(H,20,24). The largest absolute Gasteiger partial charge is 0.360 e. The number of carbonyl (C=O) groups is 2. The van der Waals surface area contributed by atoms with Crippen molar-refractivity contribution in [2.24, 2.45) is 0 Å². The van der Waals surface area contributed by atoms with Gasteiger partial charge in [0.15, 0.2) is 0 Å². The molecular formula is C18H21N5O2. The Bertz CT molecular complexity index is 896. The van der Waals surface area contributed by atoms with Gasteiger partial charge in [-0.15, -0.1) is 0 Å². The predicted octanol–water partition coefficient (Wildman–Crippen LogP) is 1.56. The second-order valence-electron chi connectivity index (χ2n) is 5.93. The van der Waals surface area contributed by atoms with Gasteiger partial charge in [-0.2, -0.15) is 0 Å². The molecule has 130 valence electrons. The number of aromatic amines is 1. The number of likely N-dealkylation sites (N-methyl/N-ethyl adjacent to an activating group) is 1. The van der Waals surface area contributed by atoms with Crippen molar-refractivity contribution in [1.29, 1.82) is 0 Å². The Labute approximate surface area is 145 Å². The van der Waals surface area contributed by atoms with Gasteiger partial charge in [0.2, 0.25) is 5.91 Å². The molecule has 0 unspecified atom stereocenters. The van der Waals surface area contributed by atoms with Crippen molar-refractivity contribution in [1.82, 2.24) is 24.8 Å². The maximum Gasteiger partial charge on any atom is 0.256 e. The van der Waals surface area contributed by atoms with E-state index < -0.39 is 0 Å². The van der Waals surface area contributed by atoms with Gasteiger partial charge in [0.05, 0.1) is 12.1 Å². The summed E-state index contributed by atoms with van der Waals surface area (Å²) < 4.78 is 1.96. The highest BCUT2D eigenvalue weighted by atomic mass is 16.2. The van der Waals surface area contributed by atoms with Crippen LogP contribution in [0.15, 0.2) is 42.9 Å². The Morgan fingerprint density at radius 3 is 2.88 bits per heavy atom. The molecule has 0 aliphatic heterocycles. The van der Waals surface area contributed by atoms with E-state index in [1.54, 1.807) is 19.4 Å². The topological polar surface area (TPSA) is 83.0 Å². The minimum atomic E-state index is -0.187. The molecule has 2 amide bonds. The van der Waals surface area contributed by atoms with Crippen LogP contribution in [0.2, 0.25) is 0 Å². The van der Waals surface area contributed by atoms with E-state index in [0.29, 0.717) is 18.7 Å². The van der Waals surface area contributed by atoms with Crippen molar-refractivity contribution in [3.8, 4) is 0 Å². The lowest BCUT2D eigenvalue weighted by atomic mass is 10.1. The van der Waals surface area contributed by atoms with E-state index in [4.69, 9.17) is 0 Å². The van der Waals surface area contributed by atoms with Crippen LogP contribution in [0.3, 0.4) is 0 Å². The molecule has 2 N–H and O–H groups in total. The van der Waals surface area contributed by atoms with Gasteiger partial charge in [-0.1, -0.05) is 18.2 Å². The number of aryl methyl sites for hydroxylation is 1. The molecule has 3 aromatic rings. The van der Waals surface area contributed by atoms with E-state index in [9.17, 15) is 9.59 Å². The summed E-state index contributed by atoms with van der Waals surface area (Å²) in [4.78, 5) is 33.3. The van der Waals surface area contributed by atoms with Crippen LogP contribution in [0.4, 0.5) is 0 Å². The van der Waals surface area contributed by atoms with Gasteiger partial charge in [-0.05, 0) is 13.0 Å². The highest BCUT2D eigenvalue weighted by Crippen LogP contribution is 2.18. The minimum absolute atomic E-state index is 0.0151. The molecule has 7 nitrogen and oxygen atoms in total. The summed E-state index contributed by atoms with van der Waals surface area (Å²) in [5, 5.41) is 3.68. The van der Waals surface area contributed by atoms with Crippen molar-refractivity contribution < 1.29 is 9.59 Å². The van der Waals surface area contributed by atoms with Gasteiger partial charge in [0.25, 0.3) is 5.91 Å². The van der Waals surface area contributed by atoms with Gasteiger partial charge in [0, 0.05) is 49.6 Å². The maximum absolute atomic E-state index is 12.6. The number of imidazole rings is 1. The highest BCUT2D eigenvalue weighted by molar-refractivity contribution is 6.07. The molecule has 0 saturated heterocycles. The second kappa shape index (κ2) is 7.21. The van der Waals surface area contributed by atoms with Crippen molar-refractivity contribution in [2.75, 3.05) is 20.1 Å². The number of para-hydroxylation sites is 1. The first-order chi connectivity index (χ1) is 12.1. The number of benzene rings is 1. The summed E-state index contributed by atoms with van der Waals surface area (Å²) in [5.41, 5.74) is 1.47. The zero-order chi connectivity index (χ0) is 17.8. The molecule has 0 aliphatic carbocycles. The van der Waals surface area contributed by atoms with E-state index in [0.717, 1.165) is 16.7 Å². The first-order valence-electron chi connectivity index (χ1n) is 8.12. The third-order valence-corrected chi connectivity index (χ3v) is 4.15. The Morgan fingerprint density at radius 1 is 1.32 bits per heavy atom. The number of fused-ring (bicyclic) bond motifs is 1. The first kappa shape index (κ1) is 16.8. The number of carbonyl (C=O) groups excluding carboxylic acids is 2. The number of nitrogens with zero attached hydrogens (tertiary/aromatic N) is 3. The van der Waals surface area contributed by atoms with Crippen LogP contribution in [0.5, 0.6) is 0 Å². The van der Waals surface area contributed by atoms with Gasteiger partial charge in [0.1, 0.15) is 5.82 Å². The lowest BCUT2D eigenvalue weighted by molar-refractivity contribution is -0.121. The number of nitrogens with one attached hydrogen (secondary N) is 2. The second-order valence-corrected chi connectivity index (χ2v) is 5.93. The lowest BCUT2D eigenvalue weighted by Crippen LogP contribution is -2.39. The Morgan fingerprint density at radius 2 is 2.12 bits per heavy atom. The maximum atomic E-state index is 12.6. The summed E-state index contributed by atoms with van der Waals surface area (Å²) >= 11 is 0. The fourth-order valence-electron chi connectivity index (χ4n) is 2.75. The van der Waals surface area contributed by atoms with Gasteiger partial charge in [-0.3, -0.25) is 9.59 Å². The van der Waals surface area contributed by atoms with Crippen LogP contribution < -0.4 is 5.32 Å². The number of H-pyrrole nitrogens is 1. The summed E-state index contributed by atoms with van der Waals surface area (Å²) in [6, 6.07) is 7.60. The minimum Gasteiger partial charge on any atom is -0.360 e. The summed E-state index contributed by atoms with van der Waals surface area (Å²) in [6.45, 7) is 3.07. The fraction of sp³-hybridized carbons (Fsp3) is 0.278. The average Bonchev–Trinajstić information content (AvgIpc) is 3.20. The number of amides is 2. The Balaban J connectivity index is 1.54. The van der Waals surface area contributed by atoms with E-state index in [-0.39, 0.29) is 18.4 Å². The van der Waals surface area contributed by atoms with Crippen LogP contribution in [0.25, 0.3) is 10.9 Å². The molecule has 0 spiro atoms. The molecule has 1 aromatic carbocycles. The average molecular weight is 339 g/mol. The molecule has 0 radical (unpaired) electrons. The molecule has 0 atom stereocenters. The molecule has 2 heterocycles. The zero-order valence-corrected chi connectivity index (χ0v) is 14.3. The molecule has 7 heteroatoms. The van der Waals surface area contributed by atoms with E-state index in [1.165, 1.54) is 4.90 Å². The number of hydrogen-bond acceptors (Lipinski definition) is 3. The van der Waals surface area contributed by atoms with Crippen LogP contribution in [-0.2, 0) is 11.3 Å². The molecule has 3 rings (SSSR count). The van der Waals surface area contributed by atoms with Crippen LogP contribution in [0.1, 0.15) is 16.2 Å². The fourth-order valence-corrected chi connectivity index (χ4v) is 2.75. The molecule has 0 saturated carbocycles. The van der Waals surface area contributed by atoms with Crippen molar-refractivity contribution >= 4 is 22.7 Å². The van der Waals surface area contributed by atoms with Crippen LogP contribution in [0, 0.1) is 6.92 Å². The normalized spacial score (nSPS) is 10.8. The quantitative estimate of drug-likeness (QED) is 0.715. The first-order valence-corrected chi connectivity index (χ1v) is 8.12. The smallest absolute Gasteiger partial charge is 0.256 e. The van der Waals surface area contributed by atoms with Crippen molar-refractivity contribution in [3.63, 3.8) is 0 Å². The highest BCUT2D eigenvalue weighted by Gasteiger charge is 2.18. The van der Waals surface area contributed by atoms with E-state index in [1.807, 2.05) is 42.0 Å². The predicted molar refractivity (Wildman–Crippen MR) is 95.2 cm³/mol. The molecular weight excluding hydrogens is 318 g/mol. The molecule has 0 fully saturated rings. The monoisotopic (exact) mass is 339 g/mol. The van der Waals surface area contributed by atoms with Crippen molar-refractivity contribution in [3.05, 3.63) is 54.2 Å². The van der Waals surface area contributed by atoms with E-state index in [2.05, 4.69) is 15.3 Å². The Hall–Kier alpha value is -3.09. The van der Waals surface area contributed by atoms with Gasteiger partial charge < -0.3 is 19.8 Å². The number of aromatic nitrogens is 3. The van der Waals surface area contributed by atoms with Gasteiger partial charge >= 0.3 is 0 Å². The summed E-state index contributed by atoms with van der Waals surface area (Å²) in [5.74, 6) is 0.535. The van der Waals surface area contributed by atoms with E-state index >= 15 is 0 Å². The van der Waals surface area contributed by atoms with Gasteiger partial charge in [-0.25, -0.2) is 4.98 Å². The number of hydrogen-bond donors (Lipinski definition) is 2. The molecule has 2 aromatic heterocycles. The SMILES string of the molecule is Cc1nccn1CCNC(=O)CN(C)C(=O)c1c[nH]c2ccccc12. The summed E-state index contributed by atoms with van der Waals surface area (Å²) in [6.07, 6.45) is 5.28. The third-order valence-electron chi connectivity index (χ3n) is 4.15. The molecule has 0 bridgehead atoms. The van der Waals surface area contributed by atoms with Crippen LogP contribution in [-0.4, -0.2) is 51.4 Å². The Kier molecular flexibility index (Phi) is 4.83. The summed E-state index contributed by atoms with van der Waals surface area (Å²) in [7, 11) is 1.63. The lowest BCUT2D eigenvalue weighted by Gasteiger charge is -2.16. The molecule has 25 heavy (non-hydrogen) atoms. The van der Waals surface area contributed by atoms with Crippen LogP contribution >= 0.6 is 0 Å². The number of rotatable bonds is 6. The van der Waals surface area contributed by atoms with Crippen molar-refractivity contribution in [2.45, 2.75) is 13.5 Å².